The summed E-state index contributed by atoms with van der Waals surface area (Å²) in [6.07, 6.45) is 4.03. The van der Waals surface area contributed by atoms with Gasteiger partial charge in [-0.1, -0.05) is 0 Å². The Balaban J connectivity index is 2.13. The number of piperidine rings is 1. The molecule has 0 aromatic rings. The summed E-state index contributed by atoms with van der Waals surface area (Å²) in [4.78, 5) is 11.5. The average Bonchev–Trinajstić information content (AvgIpc) is 2.19. The molecule has 13 heavy (non-hydrogen) atoms. The Kier molecular flexibility index (Phi) is 5.23. The van der Waals surface area contributed by atoms with Crippen molar-refractivity contribution in [3.05, 3.63) is 0 Å². The van der Waals surface area contributed by atoms with Crippen LogP contribution in [0.1, 0.15) is 12.8 Å². The highest BCUT2D eigenvalue weighted by Gasteiger charge is 2.19. The number of amides is 1. The molecule has 1 aliphatic heterocycles. The lowest BCUT2D eigenvalue weighted by Crippen LogP contribution is -2.38. The molecule has 0 aromatic carbocycles. The second-order valence-corrected chi connectivity index (χ2v) is 4.29. The highest BCUT2D eigenvalue weighted by Crippen LogP contribution is 2.10. The molecule has 1 fully saturated rings. The summed E-state index contributed by atoms with van der Waals surface area (Å²) in [6.45, 7) is 2.78. The molecule has 0 atom stereocenters. The molecule has 2 N–H and O–H groups in total. The van der Waals surface area contributed by atoms with E-state index in [1.54, 1.807) is 11.8 Å². The van der Waals surface area contributed by atoms with Crippen molar-refractivity contribution < 1.29 is 4.79 Å². The van der Waals surface area contributed by atoms with Gasteiger partial charge < -0.3 is 10.6 Å². The van der Waals surface area contributed by atoms with Gasteiger partial charge in [0.05, 0.1) is 0 Å². The molecule has 0 saturated carbocycles. The van der Waals surface area contributed by atoms with E-state index >= 15 is 0 Å². The van der Waals surface area contributed by atoms with Gasteiger partial charge in [0, 0.05) is 18.2 Å². The molecule has 1 heterocycles. The molecule has 0 bridgehead atoms. The molecule has 1 rings (SSSR count). The highest BCUT2D eigenvalue weighted by atomic mass is 32.2. The Morgan fingerprint density at radius 1 is 1.54 bits per heavy atom. The summed E-state index contributed by atoms with van der Waals surface area (Å²) in [6, 6.07) is 0. The molecule has 0 unspecified atom stereocenters. The number of hydrogen-bond donors (Lipinski definition) is 2. The first kappa shape index (κ1) is 10.9. The summed E-state index contributed by atoms with van der Waals surface area (Å²) in [5.41, 5.74) is 0. The lowest BCUT2D eigenvalue weighted by Gasteiger charge is -2.21. The van der Waals surface area contributed by atoms with E-state index in [0.29, 0.717) is 0 Å². The molecule has 1 amide bonds. The van der Waals surface area contributed by atoms with E-state index in [2.05, 4.69) is 16.9 Å². The Bertz CT molecular complexity index is 158. The smallest absolute Gasteiger partial charge is 0.223 e. The standard InChI is InChI=1S/C9H18N2OS/c1-13-7-6-11-9(12)8-2-4-10-5-3-8/h8,10H,2-7H2,1H3,(H,11,12). The van der Waals surface area contributed by atoms with Crippen molar-refractivity contribution in [3.8, 4) is 0 Å². The van der Waals surface area contributed by atoms with Gasteiger partial charge >= 0.3 is 0 Å². The third-order valence-electron chi connectivity index (χ3n) is 2.32. The monoisotopic (exact) mass is 202 g/mol. The van der Waals surface area contributed by atoms with Gasteiger partial charge in [-0.15, -0.1) is 0 Å². The molecule has 0 aromatic heterocycles. The molecule has 0 spiro atoms. The predicted molar refractivity (Wildman–Crippen MR) is 57.0 cm³/mol. The van der Waals surface area contributed by atoms with Gasteiger partial charge in [0.2, 0.25) is 5.91 Å². The molecule has 0 radical (unpaired) electrons. The second-order valence-electron chi connectivity index (χ2n) is 3.31. The van der Waals surface area contributed by atoms with Crippen LogP contribution in [0.3, 0.4) is 0 Å². The zero-order chi connectivity index (χ0) is 9.52. The second kappa shape index (κ2) is 6.27. The number of thioether (sulfide) groups is 1. The predicted octanol–water partition coefficient (Wildman–Crippen LogP) is 0.465. The van der Waals surface area contributed by atoms with Crippen LogP contribution in [0.5, 0.6) is 0 Å². The Hall–Kier alpha value is -0.220. The van der Waals surface area contributed by atoms with E-state index in [4.69, 9.17) is 0 Å². The number of rotatable bonds is 4. The Morgan fingerprint density at radius 2 is 2.23 bits per heavy atom. The molecule has 1 saturated heterocycles. The SMILES string of the molecule is CSCCNC(=O)C1CCNCC1. The van der Waals surface area contributed by atoms with E-state index in [-0.39, 0.29) is 11.8 Å². The number of carbonyl (C=O) groups is 1. The van der Waals surface area contributed by atoms with Gasteiger partial charge in [0.1, 0.15) is 0 Å². The normalized spacial score (nSPS) is 18.5. The first-order valence-corrected chi connectivity index (χ1v) is 6.21. The summed E-state index contributed by atoms with van der Waals surface area (Å²) in [5, 5.41) is 6.22. The molecule has 0 aliphatic carbocycles. The topological polar surface area (TPSA) is 41.1 Å². The van der Waals surface area contributed by atoms with Crippen LogP contribution < -0.4 is 10.6 Å². The van der Waals surface area contributed by atoms with Crippen molar-refractivity contribution in [2.45, 2.75) is 12.8 Å². The van der Waals surface area contributed by atoms with Gasteiger partial charge in [0.25, 0.3) is 0 Å². The van der Waals surface area contributed by atoms with Gasteiger partial charge in [0.15, 0.2) is 0 Å². The summed E-state index contributed by atoms with van der Waals surface area (Å²) in [5.74, 6) is 1.51. The maximum absolute atomic E-state index is 11.5. The largest absolute Gasteiger partial charge is 0.355 e. The lowest BCUT2D eigenvalue weighted by atomic mass is 9.97. The van der Waals surface area contributed by atoms with Gasteiger partial charge in [-0.25, -0.2) is 0 Å². The number of carbonyl (C=O) groups excluding carboxylic acids is 1. The Labute approximate surface area is 84.0 Å². The van der Waals surface area contributed by atoms with Crippen LogP contribution in [-0.4, -0.2) is 37.6 Å². The van der Waals surface area contributed by atoms with Crippen molar-refractivity contribution in [2.75, 3.05) is 31.6 Å². The number of nitrogens with one attached hydrogen (secondary N) is 2. The summed E-state index contributed by atoms with van der Waals surface area (Å²) in [7, 11) is 0. The maximum atomic E-state index is 11.5. The van der Waals surface area contributed by atoms with Crippen LogP contribution in [-0.2, 0) is 4.79 Å². The molecule has 4 heteroatoms. The van der Waals surface area contributed by atoms with Crippen LogP contribution in [0, 0.1) is 5.92 Å². The summed E-state index contributed by atoms with van der Waals surface area (Å²) < 4.78 is 0. The zero-order valence-electron chi connectivity index (χ0n) is 8.14. The van der Waals surface area contributed by atoms with Crippen LogP contribution >= 0.6 is 11.8 Å². The quantitative estimate of drug-likeness (QED) is 0.651. The third kappa shape index (κ3) is 4.00. The van der Waals surface area contributed by atoms with E-state index in [1.165, 1.54) is 0 Å². The van der Waals surface area contributed by atoms with E-state index in [0.717, 1.165) is 38.2 Å². The van der Waals surface area contributed by atoms with Gasteiger partial charge in [-0.3, -0.25) is 4.79 Å². The summed E-state index contributed by atoms with van der Waals surface area (Å²) >= 11 is 1.76. The van der Waals surface area contributed by atoms with E-state index in [1.807, 2.05) is 0 Å². The highest BCUT2D eigenvalue weighted by molar-refractivity contribution is 7.98. The maximum Gasteiger partial charge on any atom is 0.223 e. The first-order valence-electron chi connectivity index (χ1n) is 4.82. The van der Waals surface area contributed by atoms with Crippen molar-refractivity contribution >= 4 is 17.7 Å². The van der Waals surface area contributed by atoms with Gasteiger partial charge in [-0.05, 0) is 32.2 Å². The third-order valence-corrected chi connectivity index (χ3v) is 2.93. The fourth-order valence-electron chi connectivity index (χ4n) is 1.50. The van der Waals surface area contributed by atoms with E-state index < -0.39 is 0 Å². The van der Waals surface area contributed by atoms with Crippen LogP contribution in [0.2, 0.25) is 0 Å². The Morgan fingerprint density at radius 3 is 2.85 bits per heavy atom. The molecular weight excluding hydrogens is 184 g/mol. The van der Waals surface area contributed by atoms with Crippen LogP contribution in [0.4, 0.5) is 0 Å². The van der Waals surface area contributed by atoms with E-state index in [9.17, 15) is 4.79 Å². The molecule has 3 nitrogen and oxygen atoms in total. The minimum Gasteiger partial charge on any atom is -0.355 e. The van der Waals surface area contributed by atoms with Crippen molar-refractivity contribution in [2.24, 2.45) is 5.92 Å². The molecule has 76 valence electrons. The average molecular weight is 202 g/mol. The molecule has 1 aliphatic rings. The first-order chi connectivity index (χ1) is 6.34. The minimum atomic E-state index is 0.246. The van der Waals surface area contributed by atoms with Crippen LogP contribution in [0.25, 0.3) is 0 Å². The van der Waals surface area contributed by atoms with Crippen LogP contribution in [0.15, 0.2) is 0 Å². The van der Waals surface area contributed by atoms with Crippen molar-refractivity contribution in [1.82, 2.24) is 10.6 Å². The fraction of sp³-hybridized carbons (Fsp3) is 0.889. The van der Waals surface area contributed by atoms with Crippen molar-refractivity contribution in [1.29, 1.82) is 0 Å². The lowest BCUT2D eigenvalue weighted by molar-refractivity contribution is -0.125. The minimum absolute atomic E-state index is 0.246. The molecular formula is C9H18N2OS. The van der Waals surface area contributed by atoms with Gasteiger partial charge in [-0.2, -0.15) is 11.8 Å². The zero-order valence-corrected chi connectivity index (χ0v) is 8.95. The van der Waals surface area contributed by atoms with Crippen molar-refractivity contribution in [3.63, 3.8) is 0 Å². The number of hydrogen-bond acceptors (Lipinski definition) is 3. The fourth-order valence-corrected chi connectivity index (χ4v) is 1.81.